The van der Waals surface area contributed by atoms with Gasteiger partial charge in [-0.3, -0.25) is 4.90 Å². The van der Waals surface area contributed by atoms with Gasteiger partial charge in [-0.25, -0.2) is 0 Å². The van der Waals surface area contributed by atoms with Gasteiger partial charge in [0, 0.05) is 12.8 Å². The SMILES string of the molecule is COc1ccc2c(c1)CC(C#N)(N(C)C)C2. The first-order valence-electron chi connectivity index (χ1n) is 5.36. The van der Waals surface area contributed by atoms with Crippen LogP contribution in [0.2, 0.25) is 0 Å². The molecule has 84 valence electrons. The van der Waals surface area contributed by atoms with Crippen molar-refractivity contribution in [2.24, 2.45) is 0 Å². The molecule has 2 rings (SSSR count). The molecule has 0 fully saturated rings. The summed E-state index contributed by atoms with van der Waals surface area (Å²) in [6, 6.07) is 8.51. The molecule has 0 saturated carbocycles. The van der Waals surface area contributed by atoms with E-state index in [0.717, 1.165) is 18.6 Å². The number of benzene rings is 1. The highest BCUT2D eigenvalue weighted by molar-refractivity contribution is 5.44. The number of ether oxygens (including phenoxy) is 1. The van der Waals surface area contributed by atoms with Gasteiger partial charge in [-0.05, 0) is 37.4 Å². The first-order valence-corrected chi connectivity index (χ1v) is 5.36. The van der Waals surface area contributed by atoms with E-state index in [-0.39, 0.29) is 5.54 Å². The van der Waals surface area contributed by atoms with Crippen LogP contribution in [0.4, 0.5) is 0 Å². The van der Waals surface area contributed by atoms with E-state index in [1.165, 1.54) is 11.1 Å². The number of hydrogen-bond donors (Lipinski definition) is 0. The monoisotopic (exact) mass is 216 g/mol. The van der Waals surface area contributed by atoms with E-state index in [0.29, 0.717) is 0 Å². The molecule has 1 aromatic rings. The summed E-state index contributed by atoms with van der Waals surface area (Å²) < 4.78 is 5.21. The third-order valence-electron chi connectivity index (χ3n) is 3.44. The summed E-state index contributed by atoms with van der Waals surface area (Å²) in [7, 11) is 5.60. The van der Waals surface area contributed by atoms with Crippen LogP contribution in [0.3, 0.4) is 0 Å². The van der Waals surface area contributed by atoms with Crippen molar-refractivity contribution in [2.45, 2.75) is 18.4 Å². The second-order valence-electron chi connectivity index (χ2n) is 4.53. The molecule has 0 N–H and O–H groups in total. The van der Waals surface area contributed by atoms with Crippen molar-refractivity contribution in [1.82, 2.24) is 4.90 Å². The van der Waals surface area contributed by atoms with Crippen LogP contribution in [-0.4, -0.2) is 31.6 Å². The zero-order valence-electron chi connectivity index (χ0n) is 9.95. The Morgan fingerprint density at radius 2 is 2.00 bits per heavy atom. The van der Waals surface area contributed by atoms with Gasteiger partial charge in [0.1, 0.15) is 11.3 Å². The molecular weight excluding hydrogens is 200 g/mol. The van der Waals surface area contributed by atoms with Crippen molar-refractivity contribution in [1.29, 1.82) is 5.26 Å². The zero-order valence-corrected chi connectivity index (χ0v) is 9.95. The summed E-state index contributed by atoms with van der Waals surface area (Å²) in [4.78, 5) is 2.01. The van der Waals surface area contributed by atoms with Gasteiger partial charge in [-0.2, -0.15) is 5.26 Å². The van der Waals surface area contributed by atoms with Crippen LogP contribution in [0.15, 0.2) is 18.2 Å². The van der Waals surface area contributed by atoms with E-state index in [1.54, 1.807) is 7.11 Å². The summed E-state index contributed by atoms with van der Waals surface area (Å²) in [5.41, 5.74) is 2.11. The topological polar surface area (TPSA) is 36.3 Å². The zero-order chi connectivity index (χ0) is 11.8. The Bertz CT molecular complexity index is 448. The van der Waals surface area contributed by atoms with E-state index in [1.807, 2.05) is 31.1 Å². The quantitative estimate of drug-likeness (QED) is 0.753. The van der Waals surface area contributed by atoms with Crippen molar-refractivity contribution < 1.29 is 4.74 Å². The van der Waals surface area contributed by atoms with Crippen molar-refractivity contribution in [2.75, 3.05) is 21.2 Å². The van der Waals surface area contributed by atoms with Crippen LogP contribution in [0.5, 0.6) is 5.75 Å². The Morgan fingerprint density at radius 3 is 2.56 bits per heavy atom. The van der Waals surface area contributed by atoms with Crippen molar-refractivity contribution in [3.63, 3.8) is 0 Å². The first-order chi connectivity index (χ1) is 7.61. The fourth-order valence-electron chi connectivity index (χ4n) is 2.25. The first kappa shape index (κ1) is 11.0. The largest absolute Gasteiger partial charge is 0.497 e. The molecule has 0 aromatic heterocycles. The van der Waals surface area contributed by atoms with Crippen LogP contribution >= 0.6 is 0 Å². The fourth-order valence-corrected chi connectivity index (χ4v) is 2.25. The lowest BCUT2D eigenvalue weighted by atomic mass is 9.96. The van der Waals surface area contributed by atoms with E-state index in [2.05, 4.69) is 12.1 Å². The second-order valence-corrected chi connectivity index (χ2v) is 4.53. The van der Waals surface area contributed by atoms with Gasteiger partial charge in [0.15, 0.2) is 0 Å². The molecule has 0 saturated heterocycles. The van der Waals surface area contributed by atoms with E-state index >= 15 is 0 Å². The maximum atomic E-state index is 9.36. The van der Waals surface area contributed by atoms with Gasteiger partial charge in [-0.15, -0.1) is 0 Å². The predicted molar refractivity (Wildman–Crippen MR) is 62.4 cm³/mol. The molecule has 1 aromatic carbocycles. The lowest BCUT2D eigenvalue weighted by Crippen LogP contribution is -2.43. The standard InChI is InChI=1S/C13H16N2O/c1-15(2)13(9-14)7-10-4-5-12(16-3)6-11(10)8-13/h4-6H,7-8H2,1-3H3. The molecule has 1 atom stereocenters. The number of nitriles is 1. The van der Waals surface area contributed by atoms with Crippen LogP contribution in [0.25, 0.3) is 0 Å². The van der Waals surface area contributed by atoms with E-state index in [4.69, 9.17) is 4.74 Å². The number of hydrogen-bond acceptors (Lipinski definition) is 3. The van der Waals surface area contributed by atoms with Crippen LogP contribution in [0, 0.1) is 11.3 Å². The minimum Gasteiger partial charge on any atom is -0.497 e. The molecule has 0 bridgehead atoms. The minimum absolute atomic E-state index is 0.380. The molecule has 0 spiro atoms. The van der Waals surface area contributed by atoms with Crippen LogP contribution in [0.1, 0.15) is 11.1 Å². The van der Waals surface area contributed by atoms with Crippen LogP contribution in [-0.2, 0) is 12.8 Å². The van der Waals surface area contributed by atoms with Gasteiger partial charge in [-0.1, -0.05) is 6.07 Å². The van der Waals surface area contributed by atoms with Gasteiger partial charge in [0.2, 0.25) is 0 Å². The third kappa shape index (κ3) is 1.56. The van der Waals surface area contributed by atoms with Crippen molar-refractivity contribution in [3.8, 4) is 11.8 Å². The van der Waals surface area contributed by atoms with Gasteiger partial charge >= 0.3 is 0 Å². The number of methoxy groups -OCH3 is 1. The molecule has 1 unspecified atom stereocenters. The Labute approximate surface area is 96.2 Å². The summed E-state index contributed by atoms with van der Waals surface area (Å²) in [5.74, 6) is 0.867. The molecule has 0 aliphatic heterocycles. The third-order valence-corrected chi connectivity index (χ3v) is 3.44. The molecule has 16 heavy (non-hydrogen) atoms. The lowest BCUT2D eigenvalue weighted by Gasteiger charge is -2.28. The molecular formula is C13H16N2O. The highest BCUT2D eigenvalue weighted by Crippen LogP contribution is 2.34. The molecule has 1 aliphatic rings. The average molecular weight is 216 g/mol. The molecule has 3 nitrogen and oxygen atoms in total. The maximum absolute atomic E-state index is 9.36. The van der Waals surface area contributed by atoms with Crippen molar-refractivity contribution >= 4 is 0 Å². The highest BCUT2D eigenvalue weighted by atomic mass is 16.5. The second kappa shape index (κ2) is 3.80. The average Bonchev–Trinajstić information content (AvgIpc) is 2.67. The molecule has 0 heterocycles. The van der Waals surface area contributed by atoms with E-state index in [9.17, 15) is 5.26 Å². The molecule has 3 heteroatoms. The van der Waals surface area contributed by atoms with Gasteiger partial charge in [0.25, 0.3) is 0 Å². The Balaban J connectivity index is 2.37. The summed E-state index contributed by atoms with van der Waals surface area (Å²) in [6.45, 7) is 0. The predicted octanol–water partition coefficient (Wildman–Crippen LogP) is 1.62. The van der Waals surface area contributed by atoms with Crippen LogP contribution < -0.4 is 4.74 Å². The Morgan fingerprint density at radius 1 is 1.31 bits per heavy atom. The summed E-state index contributed by atoms with van der Waals surface area (Å²) >= 11 is 0. The lowest BCUT2D eigenvalue weighted by molar-refractivity contribution is 0.227. The number of likely N-dealkylation sites (N-methyl/N-ethyl adjacent to an activating group) is 1. The van der Waals surface area contributed by atoms with Gasteiger partial charge in [0.05, 0.1) is 13.2 Å². The molecule has 0 amide bonds. The highest BCUT2D eigenvalue weighted by Gasteiger charge is 2.39. The summed E-state index contributed by atoms with van der Waals surface area (Å²) in [5, 5.41) is 9.36. The Kier molecular flexibility index (Phi) is 2.61. The minimum atomic E-state index is -0.380. The number of nitrogens with zero attached hydrogens (tertiary/aromatic N) is 2. The Hall–Kier alpha value is -1.53. The molecule has 1 aliphatic carbocycles. The summed E-state index contributed by atoms with van der Waals surface area (Å²) in [6.07, 6.45) is 1.58. The smallest absolute Gasteiger partial charge is 0.119 e. The fraction of sp³-hybridized carbons (Fsp3) is 0.462. The number of rotatable bonds is 2. The maximum Gasteiger partial charge on any atom is 0.119 e. The normalized spacial score (nSPS) is 22.9. The van der Waals surface area contributed by atoms with E-state index < -0.39 is 0 Å². The molecule has 0 radical (unpaired) electrons. The number of fused-ring (bicyclic) bond motifs is 1. The van der Waals surface area contributed by atoms with Gasteiger partial charge < -0.3 is 4.74 Å². The van der Waals surface area contributed by atoms with Crippen molar-refractivity contribution in [3.05, 3.63) is 29.3 Å².